The van der Waals surface area contributed by atoms with Gasteiger partial charge in [0, 0.05) is 0 Å². The summed E-state index contributed by atoms with van der Waals surface area (Å²) in [7, 11) is -1.87. The molecule has 0 spiro atoms. The molecule has 6 heteroatoms. The van der Waals surface area contributed by atoms with E-state index in [0.717, 1.165) is 10.5 Å². The van der Waals surface area contributed by atoms with Crippen molar-refractivity contribution >= 4 is 36.6 Å². The van der Waals surface area contributed by atoms with Crippen LogP contribution >= 0.6 is 0 Å². The van der Waals surface area contributed by atoms with E-state index in [1.165, 1.54) is 32.1 Å². The molecule has 0 bridgehead atoms. The predicted molar refractivity (Wildman–Crippen MR) is 89.0 cm³/mol. The van der Waals surface area contributed by atoms with Crippen molar-refractivity contribution in [1.82, 2.24) is 0 Å². The first-order valence-corrected chi connectivity index (χ1v) is 15.8. The van der Waals surface area contributed by atoms with Gasteiger partial charge in [0.15, 0.2) is 26.2 Å². The second-order valence-electron chi connectivity index (χ2n) is 5.26. The molecule has 0 aromatic rings. The minimum absolute atomic E-state index is 0.394. The minimum atomic E-state index is -1.33. The molecule has 17 heavy (non-hydrogen) atoms. The van der Waals surface area contributed by atoms with Crippen LogP contribution in [0.4, 0.5) is 0 Å². The minimum Gasteiger partial charge on any atom is -0.464 e. The highest BCUT2D eigenvalue weighted by atomic mass is 29.2. The molecule has 102 valence electrons. The van der Waals surface area contributed by atoms with Crippen LogP contribution in [0.1, 0.15) is 39.0 Å². The number of unbranched alkanes of at least 4 members (excludes halogenated alkanes) is 4. The first-order chi connectivity index (χ1) is 8.02. The van der Waals surface area contributed by atoms with Crippen LogP contribution in [0, 0.1) is 0 Å². The van der Waals surface area contributed by atoms with Crippen LogP contribution in [0.25, 0.3) is 0 Å². The Morgan fingerprint density at radius 2 is 2.00 bits per heavy atom. The highest BCUT2D eigenvalue weighted by molar-refractivity contribution is 7.19. The molecule has 0 aromatic heterocycles. The van der Waals surface area contributed by atoms with Crippen LogP contribution < -0.4 is 0 Å². The maximum Gasteiger partial charge on any atom is 0.184 e. The van der Waals surface area contributed by atoms with Gasteiger partial charge < -0.3 is 8.23 Å². The van der Waals surface area contributed by atoms with Crippen molar-refractivity contribution in [3.8, 4) is 0 Å². The number of allylic oxidation sites excluding steroid dienone is 1. The smallest absolute Gasteiger partial charge is 0.184 e. The Bertz CT molecular complexity index is 210. The zero-order chi connectivity index (χ0) is 13.1. The molecule has 0 saturated carbocycles. The monoisotopic (exact) mass is 306 g/mol. The van der Waals surface area contributed by atoms with E-state index in [9.17, 15) is 0 Å². The first-order valence-electron chi connectivity index (χ1n) is 6.85. The van der Waals surface area contributed by atoms with Crippen molar-refractivity contribution in [3.63, 3.8) is 0 Å². The summed E-state index contributed by atoms with van der Waals surface area (Å²) >= 11 is 0. The third-order valence-electron chi connectivity index (χ3n) is 2.88. The molecule has 0 rings (SSSR count). The number of rotatable bonds is 10. The molecule has 1 atom stereocenters. The van der Waals surface area contributed by atoms with E-state index < -0.39 is 26.2 Å². The summed E-state index contributed by atoms with van der Waals surface area (Å²) in [6, 6.07) is 0. The molecule has 2 nitrogen and oxygen atoms in total. The van der Waals surface area contributed by atoms with Crippen LogP contribution in [-0.4, -0.2) is 36.6 Å². The van der Waals surface area contributed by atoms with Crippen molar-refractivity contribution in [2.75, 3.05) is 0 Å². The van der Waals surface area contributed by atoms with Gasteiger partial charge in [-0.2, -0.15) is 0 Å². The Balaban J connectivity index is 3.57. The molecule has 0 radical (unpaired) electrons. The molecular weight excluding hydrogens is 276 g/mol. The van der Waals surface area contributed by atoms with E-state index in [4.69, 9.17) is 8.23 Å². The fourth-order valence-corrected chi connectivity index (χ4v) is 12.6. The molecule has 1 unspecified atom stereocenters. The molecule has 0 amide bonds. The summed E-state index contributed by atoms with van der Waals surface area (Å²) in [5.74, 6) is 0. The Hall–Kier alpha value is 0.528. The van der Waals surface area contributed by atoms with Crippen LogP contribution in [0.2, 0.25) is 19.6 Å². The van der Waals surface area contributed by atoms with E-state index in [0.29, 0.717) is 0 Å². The molecule has 0 aliphatic carbocycles. The lowest BCUT2D eigenvalue weighted by Gasteiger charge is -2.21. The standard InChI is InChI=1S/C11H30O2Si4/c1-5-6-7-8-9-10-11-16(2)13-15-17(3,4)12-14/h10-11,16H,5-9,15H2,1-4,14H3. The third-order valence-corrected chi connectivity index (χ3v) is 17.8. The van der Waals surface area contributed by atoms with Gasteiger partial charge in [0.05, 0.1) is 0 Å². The van der Waals surface area contributed by atoms with Gasteiger partial charge in [-0.1, -0.05) is 38.0 Å². The Kier molecular flexibility index (Phi) is 10.8. The summed E-state index contributed by atoms with van der Waals surface area (Å²) in [6.07, 6.45) is 9.00. The van der Waals surface area contributed by atoms with Gasteiger partial charge in [0.25, 0.3) is 0 Å². The molecule has 0 aliphatic heterocycles. The third kappa shape index (κ3) is 11.4. The van der Waals surface area contributed by atoms with Crippen LogP contribution in [0.5, 0.6) is 0 Å². The topological polar surface area (TPSA) is 18.5 Å². The average Bonchev–Trinajstić information content (AvgIpc) is 2.31. The van der Waals surface area contributed by atoms with E-state index in [2.05, 4.69) is 38.3 Å². The highest BCUT2D eigenvalue weighted by Gasteiger charge is 2.21. The van der Waals surface area contributed by atoms with E-state index in [1.54, 1.807) is 0 Å². The Morgan fingerprint density at radius 1 is 1.29 bits per heavy atom. The normalized spacial score (nSPS) is 15.3. The van der Waals surface area contributed by atoms with Crippen molar-refractivity contribution in [2.45, 2.75) is 58.7 Å². The second kappa shape index (κ2) is 10.5. The predicted octanol–water partition coefficient (Wildman–Crippen LogP) is 1.51. The molecule has 0 N–H and O–H groups in total. The lowest BCUT2D eigenvalue weighted by atomic mass is 10.2. The largest absolute Gasteiger partial charge is 0.464 e. The average molecular weight is 307 g/mol. The summed E-state index contributed by atoms with van der Waals surface area (Å²) in [6.45, 7) is 9.13. The molecule has 0 fully saturated rings. The van der Waals surface area contributed by atoms with E-state index in [1.807, 2.05) is 0 Å². The summed E-state index contributed by atoms with van der Waals surface area (Å²) in [4.78, 5) is 0. The fourth-order valence-electron chi connectivity index (χ4n) is 1.42. The molecule has 0 saturated heterocycles. The van der Waals surface area contributed by atoms with Crippen LogP contribution in [0.3, 0.4) is 0 Å². The van der Waals surface area contributed by atoms with Gasteiger partial charge >= 0.3 is 0 Å². The van der Waals surface area contributed by atoms with Gasteiger partial charge in [-0.15, -0.1) is 0 Å². The lowest BCUT2D eigenvalue weighted by molar-refractivity contribution is 0.597. The number of hydrogen-bond donors (Lipinski definition) is 0. The first kappa shape index (κ1) is 17.5. The van der Waals surface area contributed by atoms with E-state index in [-0.39, 0.29) is 0 Å². The van der Waals surface area contributed by atoms with Gasteiger partial charge in [0.1, 0.15) is 10.5 Å². The maximum atomic E-state index is 6.08. The number of hydrogen-bond acceptors (Lipinski definition) is 2. The van der Waals surface area contributed by atoms with Crippen molar-refractivity contribution < 1.29 is 8.23 Å². The summed E-state index contributed by atoms with van der Waals surface area (Å²) < 4.78 is 11.7. The quantitative estimate of drug-likeness (QED) is 0.450. The van der Waals surface area contributed by atoms with Gasteiger partial charge in [-0.05, 0) is 32.5 Å². The van der Waals surface area contributed by atoms with Crippen LogP contribution in [-0.2, 0) is 8.23 Å². The molecule has 0 aromatic carbocycles. The molecular formula is C11H30O2Si4. The van der Waals surface area contributed by atoms with Gasteiger partial charge in [-0.25, -0.2) is 0 Å². The Morgan fingerprint density at radius 3 is 2.59 bits per heavy atom. The summed E-state index contributed by atoms with van der Waals surface area (Å²) in [5.41, 5.74) is 2.36. The zero-order valence-electron chi connectivity index (χ0n) is 12.3. The van der Waals surface area contributed by atoms with Gasteiger partial charge in [-0.3, -0.25) is 0 Å². The lowest BCUT2D eigenvalue weighted by Crippen LogP contribution is -2.41. The highest BCUT2D eigenvalue weighted by Crippen LogP contribution is 2.04. The van der Waals surface area contributed by atoms with Gasteiger partial charge in [0.2, 0.25) is 0 Å². The maximum absolute atomic E-state index is 6.08. The molecule has 0 heterocycles. The van der Waals surface area contributed by atoms with Crippen LogP contribution in [0.15, 0.2) is 11.8 Å². The zero-order valence-corrected chi connectivity index (χ0v) is 17.9. The van der Waals surface area contributed by atoms with Crippen molar-refractivity contribution in [1.29, 1.82) is 0 Å². The Labute approximate surface area is 115 Å². The SMILES string of the molecule is CCCCCCC=C[SiH](C)O[SiH2][Si](C)(C)O[SiH3]. The summed E-state index contributed by atoms with van der Waals surface area (Å²) in [5, 5.41) is 0. The van der Waals surface area contributed by atoms with Crippen molar-refractivity contribution in [2.24, 2.45) is 0 Å². The van der Waals surface area contributed by atoms with E-state index >= 15 is 0 Å². The second-order valence-corrected chi connectivity index (χ2v) is 19.8. The fraction of sp³-hybridized carbons (Fsp3) is 0.818. The molecule has 0 aliphatic rings. The van der Waals surface area contributed by atoms with Crippen molar-refractivity contribution in [3.05, 3.63) is 11.8 Å².